The summed E-state index contributed by atoms with van der Waals surface area (Å²) < 4.78 is 0. The van der Waals surface area contributed by atoms with Gasteiger partial charge in [-0.15, -0.1) is 0 Å². The molecule has 0 aliphatic heterocycles. The highest BCUT2D eigenvalue weighted by molar-refractivity contribution is 5.76. The first kappa shape index (κ1) is 44.4. The number of allylic oxidation sites excluding steroid dienone is 7. The lowest BCUT2D eigenvalue weighted by Gasteiger charge is -2.19. The summed E-state index contributed by atoms with van der Waals surface area (Å²) in [7, 11) is 4.16. The summed E-state index contributed by atoms with van der Waals surface area (Å²) in [5.74, 6) is 0.253. The predicted molar refractivity (Wildman–Crippen MR) is 208 cm³/mol. The third-order valence-electron chi connectivity index (χ3n) is 9.01. The molecule has 0 aliphatic carbocycles. The van der Waals surface area contributed by atoms with Gasteiger partial charge in [-0.25, -0.2) is 0 Å². The summed E-state index contributed by atoms with van der Waals surface area (Å²) in [6.45, 7) is 9.79. The Morgan fingerprint density at radius 2 is 1.07 bits per heavy atom. The summed E-state index contributed by atoms with van der Waals surface area (Å²) in [5, 5.41) is 3.41. The van der Waals surface area contributed by atoms with Gasteiger partial charge in [0.05, 0.1) is 0 Å². The Labute approximate surface area is 289 Å². The monoisotopic (exact) mass is 641 g/mol. The molecule has 0 rings (SSSR count). The van der Waals surface area contributed by atoms with E-state index in [0.717, 1.165) is 38.6 Å². The van der Waals surface area contributed by atoms with Gasteiger partial charge in [-0.1, -0.05) is 152 Å². The highest BCUT2D eigenvalue weighted by Crippen LogP contribution is 2.17. The molecule has 3 heteroatoms. The summed E-state index contributed by atoms with van der Waals surface area (Å²) in [6.07, 6.45) is 48.5. The van der Waals surface area contributed by atoms with Crippen molar-refractivity contribution in [2.24, 2.45) is 0 Å². The van der Waals surface area contributed by atoms with E-state index in [1.54, 1.807) is 0 Å². The van der Waals surface area contributed by atoms with Gasteiger partial charge in [0.1, 0.15) is 0 Å². The van der Waals surface area contributed by atoms with E-state index in [1.165, 1.54) is 147 Å². The quantitative estimate of drug-likeness (QED) is 0.0552. The lowest BCUT2D eigenvalue weighted by atomic mass is 9.99. The average molecular weight is 641 g/mol. The standard InChI is InChI=1S/C43H80N2O/c1-6-8-10-12-14-15-16-17-18-19-20-21-22-23-28-32-37-42(44-43(46)39-34-40-45(4)5)38-33-29-25-24-27-31-36-41(3)35-30-26-13-11-9-7-2/h14-15,17-18,26,30,42H,3,6-13,16,19-25,27-29,31-40H2,1-2,4-5H3,(H,44,46)/b15-14-,18-17-,30-26-. The van der Waals surface area contributed by atoms with Crippen molar-refractivity contribution in [2.75, 3.05) is 20.6 Å². The topological polar surface area (TPSA) is 32.3 Å². The molecule has 1 atom stereocenters. The predicted octanol–water partition coefficient (Wildman–Crippen LogP) is 13.2. The zero-order valence-corrected chi connectivity index (χ0v) is 31.6. The molecule has 0 aromatic heterocycles. The minimum Gasteiger partial charge on any atom is -0.353 e. The van der Waals surface area contributed by atoms with E-state index in [9.17, 15) is 4.79 Å². The van der Waals surface area contributed by atoms with Gasteiger partial charge in [0.15, 0.2) is 0 Å². The minimum absolute atomic E-state index is 0.253. The van der Waals surface area contributed by atoms with Crippen molar-refractivity contribution in [3.63, 3.8) is 0 Å². The molecule has 0 fully saturated rings. The Morgan fingerprint density at radius 3 is 1.61 bits per heavy atom. The van der Waals surface area contributed by atoms with Crippen LogP contribution in [0, 0.1) is 0 Å². The van der Waals surface area contributed by atoms with E-state index >= 15 is 0 Å². The Hall–Kier alpha value is -1.61. The van der Waals surface area contributed by atoms with Crippen molar-refractivity contribution in [1.29, 1.82) is 0 Å². The van der Waals surface area contributed by atoms with Crippen LogP contribution in [0.2, 0.25) is 0 Å². The summed E-state index contributed by atoms with van der Waals surface area (Å²) in [5.41, 5.74) is 1.39. The van der Waals surface area contributed by atoms with Gasteiger partial charge in [-0.2, -0.15) is 0 Å². The molecule has 0 aliphatic rings. The fourth-order valence-corrected chi connectivity index (χ4v) is 5.98. The summed E-state index contributed by atoms with van der Waals surface area (Å²) >= 11 is 0. The van der Waals surface area contributed by atoms with Crippen molar-refractivity contribution in [1.82, 2.24) is 10.2 Å². The van der Waals surface area contributed by atoms with Gasteiger partial charge in [-0.05, 0) is 104 Å². The van der Waals surface area contributed by atoms with Crippen molar-refractivity contribution in [2.45, 2.75) is 200 Å². The molecule has 0 bridgehead atoms. The number of carbonyl (C=O) groups is 1. The normalized spacial score (nSPS) is 12.7. The largest absolute Gasteiger partial charge is 0.353 e. The lowest BCUT2D eigenvalue weighted by Crippen LogP contribution is -2.35. The minimum atomic E-state index is 0.253. The molecule has 0 aromatic carbocycles. The third-order valence-corrected chi connectivity index (χ3v) is 9.01. The van der Waals surface area contributed by atoms with Gasteiger partial charge >= 0.3 is 0 Å². The SMILES string of the molecule is C=C(C/C=C\CCCCC)CCCCCCCCC(CCCCCCCC/C=C\C/C=C\CCCCC)NC(=O)CCCN(C)C. The van der Waals surface area contributed by atoms with E-state index < -0.39 is 0 Å². The Bertz CT molecular complexity index is 750. The van der Waals surface area contributed by atoms with Crippen molar-refractivity contribution < 1.29 is 4.79 Å². The maximum Gasteiger partial charge on any atom is 0.220 e. The fourth-order valence-electron chi connectivity index (χ4n) is 5.98. The van der Waals surface area contributed by atoms with Gasteiger partial charge in [0.2, 0.25) is 5.91 Å². The van der Waals surface area contributed by atoms with Crippen LogP contribution in [-0.2, 0) is 4.79 Å². The molecule has 1 N–H and O–H groups in total. The van der Waals surface area contributed by atoms with Crippen molar-refractivity contribution >= 4 is 5.91 Å². The third kappa shape index (κ3) is 35.2. The van der Waals surface area contributed by atoms with Crippen LogP contribution in [0.3, 0.4) is 0 Å². The molecule has 0 spiro atoms. The molecule has 0 saturated heterocycles. The van der Waals surface area contributed by atoms with Crippen LogP contribution in [-0.4, -0.2) is 37.5 Å². The smallest absolute Gasteiger partial charge is 0.220 e. The Morgan fingerprint density at radius 1 is 0.587 bits per heavy atom. The average Bonchev–Trinajstić information content (AvgIpc) is 3.03. The number of carbonyl (C=O) groups excluding carboxylic acids is 1. The van der Waals surface area contributed by atoms with Crippen molar-refractivity contribution in [3.05, 3.63) is 48.6 Å². The molecule has 46 heavy (non-hydrogen) atoms. The van der Waals surface area contributed by atoms with Gasteiger partial charge in [0.25, 0.3) is 0 Å². The molecular weight excluding hydrogens is 560 g/mol. The highest BCUT2D eigenvalue weighted by Gasteiger charge is 2.12. The molecule has 3 nitrogen and oxygen atoms in total. The highest BCUT2D eigenvalue weighted by atomic mass is 16.1. The second kappa shape index (κ2) is 36.2. The van der Waals surface area contributed by atoms with Gasteiger partial charge < -0.3 is 10.2 Å². The van der Waals surface area contributed by atoms with Crippen LogP contribution in [0.4, 0.5) is 0 Å². The van der Waals surface area contributed by atoms with Crippen LogP contribution in [0.5, 0.6) is 0 Å². The molecule has 0 radical (unpaired) electrons. The van der Waals surface area contributed by atoms with Crippen LogP contribution in [0.1, 0.15) is 194 Å². The first-order valence-corrected chi connectivity index (χ1v) is 20.0. The van der Waals surface area contributed by atoms with Gasteiger partial charge in [0, 0.05) is 12.5 Å². The first-order chi connectivity index (χ1) is 22.5. The van der Waals surface area contributed by atoms with Crippen LogP contribution < -0.4 is 5.32 Å². The molecule has 268 valence electrons. The summed E-state index contributed by atoms with van der Waals surface area (Å²) in [6, 6.07) is 0.357. The Kier molecular flexibility index (Phi) is 35.0. The number of nitrogens with zero attached hydrogens (tertiary/aromatic N) is 1. The van der Waals surface area contributed by atoms with E-state index in [0.29, 0.717) is 12.5 Å². The van der Waals surface area contributed by atoms with Crippen LogP contribution in [0.25, 0.3) is 0 Å². The molecular formula is C43H80N2O. The number of unbranched alkanes of at least 4 members (excludes halogenated alkanes) is 17. The van der Waals surface area contributed by atoms with E-state index in [-0.39, 0.29) is 5.91 Å². The lowest BCUT2D eigenvalue weighted by molar-refractivity contribution is -0.122. The molecule has 0 saturated carbocycles. The Balaban J connectivity index is 4.06. The van der Waals surface area contributed by atoms with E-state index in [2.05, 4.69) is 81.2 Å². The number of hydrogen-bond donors (Lipinski definition) is 1. The summed E-state index contributed by atoms with van der Waals surface area (Å²) in [4.78, 5) is 14.8. The number of hydrogen-bond acceptors (Lipinski definition) is 2. The molecule has 0 aromatic rings. The van der Waals surface area contributed by atoms with E-state index in [1.807, 2.05) is 0 Å². The molecule has 1 unspecified atom stereocenters. The van der Waals surface area contributed by atoms with Crippen LogP contribution >= 0.6 is 0 Å². The number of nitrogens with one attached hydrogen (secondary N) is 1. The fraction of sp³-hybridized carbons (Fsp3) is 0.791. The zero-order chi connectivity index (χ0) is 33.8. The second-order valence-electron chi connectivity index (χ2n) is 14.1. The maximum absolute atomic E-state index is 12.6. The number of amides is 1. The first-order valence-electron chi connectivity index (χ1n) is 20.0. The van der Waals surface area contributed by atoms with E-state index in [4.69, 9.17) is 0 Å². The molecule has 1 amide bonds. The number of rotatable bonds is 35. The van der Waals surface area contributed by atoms with Gasteiger partial charge in [-0.3, -0.25) is 4.79 Å². The maximum atomic E-state index is 12.6. The van der Waals surface area contributed by atoms with Crippen LogP contribution in [0.15, 0.2) is 48.6 Å². The second-order valence-corrected chi connectivity index (χ2v) is 14.1. The zero-order valence-electron chi connectivity index (χ0n) is 31.6. The van der Waals surface area contributed by atoms with Crippen molar-refractivity contribution in [3.8, 4) is 0 Å². The molecule has 0 heterocycles.